The Balaban J connectivity index is 0.00000186. The number of carbonyl (C=O) groups excluding carboxylic acids is 4. The summed E-state index contributed by atoms with van der Waals surface area (Å²) in [6, 6.07) is 7.50. The first-order chi connectivity index (χ1) is 20.4. The Labute approximate surface area is 276 Å². The number of hydrogen-bond acceptors (Lipinski definition) is 8. The van der Waals surface area contributed by atoms with E-state index >= 15 is 0 Å². The standard InChI is InChI=1S/C24H38N3O5.C7H14O2.3CH3.Sn/c1-23(2,3)31-20(28)17-26-22(30)27-19(21(29)32-24(4,5)6)14-10-11-15-25-16-18-12-8-7-9-13-18;1-5-6(8)9-7(2,3)4;;;;/h8-9,12-13,19,25H,10-11,14-17H2,1-6H3,(H2,26,27,30);5H2,1-4H3;3*1H3;. The average Bonchev–Trinajstić information content (AvgIpc) is 2.85. The van der Waals surface area contributed by atoms with Crippen molar-refractivity contribution in [2.75, 3.05) is 13.1 Å². The topological polar surface area (TPSA) is 132 Å². The van der Waals surface area contributed by atoms with E-state index in [1.807, 2.05) is 20.8 Å². The van der Waals surface area contributed by atoms with Crippen molar-refractivity contribution in [1.29, 1.82) is 0 Å². The molecule has 1 atom stereocenters. The minimum Gasteiger partial charge on any atom is -0.460 e. The van der Waals surface area contributed by atoms with Gasteiger partial charge in [-0.05, 0) is 62.3 Å². The Kier molecular flexibility index (Phi) is 18.3. The molecular weight excluding hydrogens is 681 g/mol. The van der Waals surface area contributed by atoms with E-state index in [0.29, 0.717) is 12.8 Å². The number of rotatable bonds is 13. The first-order valence-electron chi connectivity index (χ1n) is 15.9. The molecule has 10 nitrogen and oxygen atoms in total. The third-order valence-corrected chi connectivity index (χ3v) is 11.7. The van der Waals surface area contributed by atoms with Gasteiger partial charge < -0.3 is 19.5 Å². The van der Waals surface area contributed by atoms with Crippen LogP contribution in [0.2, 0.25) is 14.8 Å². The third kappa shape index (κ3) is 23.6. The Bertz CT molecular complexity index is 1060. The number of benzene rings is 1. The Morgan fingerprint density at radius 2 is 1.27 bits per heavy atom. The predicted molar refractivity (Wildman–Crippen MR) is 183 cm³/mol. The Morgan fingerprint density at radius 1 is 0.756 bits per heavy atom. The van der Waals surface area contributed by atoms with Gasteiger partial charge in [0.15, 0.2) is 0 Å². The van der Waals surface area contributed by atoms with Gasteiger partial charge in [0, 0.05) is 6.42 Å². The number of carbonyl (C=O) groups is 4. The molecule has 1 rings (SSSR count). The summed E-state index contributed by atoms with van der Waals surface area (Å²) in [5.74, 6) is -1.18. The molecule has 0 aliphatic heterocycles. The van der Waals surface area contributed by atoms with E-state index < -0.39 is 53.6 Å². The normalized spacial score (nSPS) is 12.6. The van der Waals surface area contributed by atoms with Crippen molar-refractivity contribution >= 4 is 45.9 Å². The minimum atomic E-state index is -2.02. The molecule has 0 aliphatic rings. The molecule has 0 aromatic heterocycles. The molecule has 0 saturated heterocycles. The summed E-state index contributed by atoms with van der Waals surface area (Å²) in [7, 11) is 0. The molecular formula is C34H61N3O7Sn. The summed E-state index contributed by atoms with van der Waals surface area (Å²) >= 11 is -2.02. The maximum absolute atomic E-state index is 12.7. The second kappa shape index (κ2) is 19.3. The van der Waals surface area contributed by atoms with Crippen molar-refractivity contribution in [3.05, 3.63) is 29.8 Å². The van der Waals surface area contributed by atoms with Gasteiger partial charge in [0.05, 0.1) is 0 Å². The van der Waals surface area contributed by atoms with Crippen LogP contribution in [0.25, 0.3) is 0 Å². The van der Waals surface area contributed by atoms with Crippen LogP contribution in [0.5, 0.6) is 0 Å². The summed E-state index contributed by atoms with van der Waals surface area (Å²) in [6.45, 7) is 19.3. The van der Waals surface area contributed by atoms with Crippen molar-refractivity contribution in [3.8, 4) is 0 Å². The summed E-state index contributed by atoms with van der Waals surface area (Å²) in [6.07, 6.45) is 2.46. The first kappa shape index (κ1) is 42.7. The second-order valence-electron chi connectivity index (χ2n) is 15.1. The number of ether oxygens (including phenoxy) is 3. The van der Waals surface area contributed by atoms with Gasteiger partial charge >= 0.3 is 140 Å². The SMILES string of the molecule is CC(C)(C)OC(=O)CNC(=O)NC(CCCCNCc1cc[c]([Sn]([CH3])([CH3])[CH3])cc1)C(=O)OC(C)(C)C.CCC(=O)OC(C)(C)C. The molecule has 1 unspecified atom stereocenters. The molecule has 0 spiro atoms. The van der Waals surface area contributed by atoms with E-state index in [9.17, 15) is 19.2 Å². The molecule has 0 heterocycles. The van der Waals surface area contributed by atoms with Gasteiger partial charge in [-0.15, -0.1) is 0 Å². The van der Waals surface area contributed by atoms with Crippen LogP contribution < -0.4 is 19.5 Å². The van der Waals surface area contributed by atoms with Crippen LogP contribution in [0.1, 0.15) is 100 Å². The van der Waals surface area contributed by atoms with E-state index in [0.717, 1.165) is 25.9 Å². The summed E-state index contributed by atoms with van der Waals surface area (Å²) in [4.78, 5) is 54.7. The molecule has 0 aliphatic carbocycles. The summed E-state index contributed by atoms with van der Waals surface area (Å²) in [5.41, 5.74) is -0.379. The van der Waals surface area contributed by atoms with Gasteiger partial charge in [-0.2, -0.15) is 0 Å². The molecule has 1 aromatic carbocycles. The van der Waals surface area contributed by atoms with Crippen molar-refractivity contribution in [2.24, 2.45) is 0 Å². The fourth-order valence-electron chi connectivity index (χ4n) is 3.73. The minimum absolute atomic E-state index is 0.137. The zero-order chi connectivity index (χ0) is 35.1. The third-order valence-electron chi connectivity index (χ3n) is 5.76. The maximum atomic E-state index is 12.7. The van der Waals surface area contributed by atoms with Crippen molar-refractivity contribution in [2.45, 2.75) is 139 Å². The van der Waals surface area contributed by atoms with Gasteiger partial charge in [0.1, 0.15) is 23.3 Å². The molecule has 258 valence electrons. The van der Waals surface area contributed by atoms with E-state index in [1.54, 1.807) is 48.5 Å². The Hall–Kier alpha value is -2.34. The molecule has 2 amide bonds. The van der Waals surface area contributed by atoms with E-state index in [1.165, 1.54) is 9.14 Å². The van der Waals surface area contributed by atoms with Crippen LogP contribution in [-0.2, 0) is 35.1 Å². The van der Waals surface area contributed by atoms with Crippen LogP contribution in [0.4, 0.5) is 4.79 Å². The molecule has 0 bridgehead atoms. The molecule has 11 heteroatoms. The van der Waals surface area contributed by atoms with E-state index in [-0.39, 0.29) is 18.1 Å². The van der Waals surface area contributed by atoms with E-state index in [2.05, 4.69) is 55.0 Å². The number of nitrogens with one attached hydrogen (secondary N) is 3. The Morgan fingerprint density at radius 3 is 1.71 bits per heavy atom. The van der Waals surface area contributed by atoms with Crippen LogP contribution in [0.3, 0.4) is 0 Å². The molecule has 0 saturated carbocycles. The molecule has 3 N–H and O–H groups in total. The van der Waals surface area contributed by atoms with Gasteiger partial charge in [0.25, 0.3) is 0 Å². The van der Waals surface area contributed by atoms with Crippen LogP contribution >= 0.6 is 0 Å². The number of urea groups is 1. The molecule has 1 aromatic rings. The quantitative estimate of drug-likeness (QED) is 0.103. The van der Waals surface area contributed by atoms with Crippen LogP contribution in [0, 0.1) is 0 Å². The van der Waals surface area contributed by atoms with Crippen LogP contribution in [0.15, 0.2) is 24.3 Å². The van der Waals surface area contributed by atoms with Gasteiger partial charge in [0.2, 0.25) is 0 Å². The molecule has 0 fully saturated rings. The average molecular weight is 743 g/mol. The smallest absolute Gasteiger partial charge is 0.460 e. The zero-order valence-electron chi connectivity index (χ0n) is 30.2. The van der Waals surface area contributed by atoms with Gasteiger partial charge in [-0.3, -0.25) is 9.59 Å². The van der Waals surface area contributed by atoms with Crippen molar-refractivity contribution < 1.29 is 33.4 Å². The summed E-state index contributed by atoms with van der Waals surface area (Å²) < 4.78 is 17.1. The molecule has 0 radical (unpaired) electrons. The van der Waals surface area contributed by atoms with Crippen molar-refractivity contribution in [3.63, 3.8) is 0 Å². The first-order valence-corrected chi connectivity index (χ1v) is 25.9. The van der Waals surface area contributed by atoms with Crippen LogP contribution in [-0.4, -0.2) is 78.3 Å². The monoisotopic (exact) mass is 743 g/mol. The fourth-order valence-corrected chi connectivity index (χ4v) is 7.06. The number of esters is 3. The number of unbranched alkanes of at least 4 members (excludes halogenated alkanes) is 1. The van der Waals surface area contributed by atoms with E-state index in [4.69, 9.17) is 14.2 Å². The number of hydrogen-bond donors (Lipinski definition) is 3. The number of amides is 2. The predicted octanol–water partition coefficient (Wildman–Crippen LogP) is 5.58. The van der Waals surface area contributed by atoms with Gasteiger partial charge in [-0.1, -0.05) is 6.92 Å². The van der Waals surface area contributed by atoms with Gasteiger partial charge in [-0.25, -0.2) is 9.59 Å². The summed E-state index contributed by atoms with van der Waals surface area (Å²) in [5, 5.41) is 8.54. The zero-order valence-corrected chi connectivity index (χ0v) is 33.0. The molecule has 45 heavy (non-hydrogen) atoms. The van der Waals surface area contributed by atoms with Crippen molar-refractivity contribution in [1.82, 2.24) is 16.0 Å². The fraction of sp³-hybridized carbons (Fsp3) is 0.706. The second-order valence-corrected chi connectivity index (χ2v) is 29.6.